The lowest BCUT2D eigenvalue weighted by molar-refractivity contribution is 0.340. The average molecular weight is 248 g/mol. The Labute approximate surface area is 113 Å². The lowest BCUT2D eigenvalue weighted by Gasteiger charge is -2.06. The Kier molecular flexibility index (Phi) is 8.37. The van der Waals surface area contributed by atoms with Gasteiger partial charge in [0.2, 0.25) is 0 Å². The molecular formula is C17H28O. The molecule has 1 aromatic carbocycles. The summed E-state index contributed by atoms with van der Waals surface area (Å²) in [7, 11) is 0. The molecule has 0 bridgehead atoms. The molecule has 102 valence electrons. The van der Waals surface area contributed by atoms with E-state index in [1.165, 1.54) is 56.9 Å². The third kappa shape index (κ3) is 6.68. The van der Waals surface area contributed by atoms with Crippen LogP contribution in [0, 0.1) is 0 Å². The Bertz CT molecular complexity index is 306. The van der Waals surface area contributed by atoms with E-state index < -0.39 is 0 Å². The fraction of sp³-hybridized carbons (Fsp3) is 0.647. The number of unbranched alkanes of at least 4 members (excludes halogenated alkanes) is 6. The summed E-state index contributed by atoms with van der Waals surface area (Å²) in [6.45, 7) is 5.05. The third-order valence-corrected chi connectivity index (χ3v) is 3.28. The van der Waals surface area contributed by atoms with Crippen LogP contribution in [0.15, 0.2) is 24.3 Å². The Hall–Kier alpha value is -0.980. The molecule has 1 heteroatoms. The van der Waals surface area contributed by atoms with Crippen molar-refractivity contribution in [3.05, 3.63) is 29.8 Å². The molecule has 0 spiro atoms. The third-order valence-electron chi connectivity index (χ3n) is 3.28. The Morgan fingerprint density at radius 1 is 0.889 bits per heavy atom. The minimum absolute atomic E-state index is 0.751. The monoisotopic (exact) mass is 248 g/mol. The zero-order valence-corrected chi connectivity index (χ0v) is 12.1. The average Bonchev–Trinajstić information content (AvgIpc) is 2.39. The Balaban J connectivity index is 2.13. The number of aryl methyl sites for hydroxylation is 1. The van der Waals surface area contributed by atoms with E-state index >= 15 is 0 Å². The number of hydrogen-bond donors (Lipinski definition) is 0. The molecule has 1 nitrogen and oxygen atoms in total. The van der Waals surface area contributed by atoms with Crippen molar-refractivity contribution in [1.29, 1.82) is 0 Å². The lowest BCUT2D eigenvalue weighted by atomic mass is 10.0. The highest BCUT2D eigenvalue weighted by molar-refractivity contribution is 5.28. The standard InChI is InChI=1S/C17H28O/c1-3-5-6-7-8-9-10-12-16-13-11-14-17(15-16)18-4-2/h11,13-15H,3-10,12H2,1-2H3. The summed E-state index contributed by atoms with van der Waals surface area (Å²) in [5.41, 5.74) is 1.41. The SMILES string of the molecule is CCCCCCCCCc1cccc(OCC)c1. The van der Waals surface area contributed by atoms with E-state index in [1.54, 1.807) is 0 Å². The predicted octanol–water partition coefficient (Wildman–Crippen LogP) is 5.38. The Morgan fingerprint density at radius 3 is 2.33 bits per heavy atom. The van der Waals surface area contributed by atoms with Crippen LogP contribution in [0.25, 0.3) is 0 Å². The van der Waals surface area contributed by atoms with Crippen LogP contribution in [0.4, 0.5) is 0 Å². The molecule has 1 rings (SSSR count). The second kappa shape index (κ2) is 9.99. The van der Waals surface area contributed by atoms with Crippen molar-refractivity contribution in [2.24, 2.45) is 0 Å². The van der Waals surface area contributed by atoms with Gasteiger partial charge in [-0.25, -0.2) is 0 Å². The Morgan fingerprint density at radius 2 is 1.61 bits per heavy atom. The topological polar surface area (TPSA) is 9.23 Å². The van der Waals surface area contributed by atoms with Crippen LogP contribution in [0.1, 0.15) is 64.4 Å². The van der Waals surface area contributed by atoms with Gasteiger partial charge in [-0.3, -0.25) is 0 Å². The van der Waals surface area contributed by atoms with E-state index in [9.17, 15) is 0 Å². The zero-order chi connectivity index (χ0) is 13.1. The van der Waals surface area contributed by atoms with Crippen molar-refractivity contribution in [3.63, 3.8) is 0 Å². The largest absolute Gasteiger partial charge is 0.494 e. The normalized spacial score (nSPS) is 10.6. The van der Waals surface area contributed by atoms with Gasteiger partial charge in [-0.2, -0.15) is 0 Å². The van der Waals surface area contributed by atoms with Crippen LogP contribution < -0.4 is 4.74 Å². The van der Waals surface area contributed by atoms with Crippen LogP contribution in [0.5, 0.6) is 5.75 Å². The number of rotatable bonds is 10. The highest BCUT2D eigenvalue weighted by atomic mass is 16.5. The minimum Gasteiger partial charge on any atom is -0.494 e. The van der Waals surface area contributed by atoms with Crippen LogP contribution in [-0.2, 0) is 6.42 Å². The fourth-order valence-electron chi connectivity index (χ4n) is 2.24. The summed E-state index contributed by atoms with van der Waals surface area (Å²) in [6, 6.07) is 8.53. The van der Waals surface area contributed by atoms with E-state index in [2.05, 4.69) is 25.1 Å². The summed E-state index contributed by atoms with van der Waals surface area (Å²) in [5.74, 6) is 1.01. The molecule has 0 saturated heterocycles. The predicted molar refractivity (Wildman–Crippen MR) is 79.3 cm³/mol. The summed E-state index contributed by atoms with van der Waals surface area (Å²) in [5, 5.41) is 0. The molecule has 0 fully saturated rings. The maximum Gasteiger partial charge on any atom is 0.119 e. The second-order valence-corrected chi connectivity index (χ2v) is 4.95. The summed E-state index contributed by atoms with van der Waals surface area (Å²) >= 11 is 0. The number of hydrogen-bond acceptors (Lipinski definition) is 1. The smallest absolute Gasteiger partial charge is 0.119 e. The highest BCUT2D eigenvalue weighted by Gasteiger charge is 1.97. The molecule has 0 heterocycles. The first-order chi connectivity index (χ1) is 8.86. The van der Waals surface area contributed by atoms with Gasteiger partial charge in [-0.05, 0) is 37.5 Å². The van der Waals surface area contributed by atoms with Crippen LogP contribution >= 0.6 is 0 Å². The summed E-state index contributed by atoms with van der Waals surface area (Å²) < 4.78 is 5.52. The fourth-order valence-corrected chi connectivity index (χ4v) is 2.24. The first-order valence-electron chi connectivity index (χ1n) is 7.58. The van der Waals surface area contributed by atoms with E-state index in [-0.39, 0.29) is 0 Å². The van der Waals surface area contributed by atoms with Crippen LogP contribution in [0.3, 0.4) is 0 Å². The van der Waals surface area contributed by atoms with Crippen molar-refractivity contribution >= 4 is 0 Å². The summed E-state index contributed by atoms with van der Waals surface area (Å²) in [4.78, 5) is 0. The van der Waals surface area contributed by atoms with Crippen molar-refractivity contribution in [2.45, 2.75) is 65.2 Å². The van der Waals surface area contributed by atoms with E-state index in [4.69, 9.17) is 4.74 Å². The lowest BCUT2D eigenvalue weighted by Crippen LogP contribution is -1.93. The van der Waals surface area contributed by atoms with Crippen molar-refractivity contribution in [2.75, 3.05) is 6.61 Å². The van der Waals surface area contributed by atoms with Gasteiger partial charge >= 0.3 is 0 Å². The van der Waals surface area contributed by atoms with Gasteiger partial charge in [-0.15, -0.1) is 0 Å². The molecule has 0 aliphatic heterocycles. The molecule has 0 aliphatic carbocycles. The zero-order valence-electron chi connectivity index (χ0n) is 12.1. The summed E-state index contributed by atoms with van der Waals surface area (Å²) in [6.07, 6.45) is 10.8. The first kappa shape index (κ1) is 15.1. The quantitative estimate of drug-likeness (QED) is 0.505. The second-order valence-electron chi connectivity index (χ2n) is 4.95. The molecule has 0 radical (unpaired) electrons. The van der Waals surface area contributed by atoms with Gasteiger partial charge in [0.25, 0.3) is 0 Å². The molecule has 18 heavy (non-hydrogen) atoms. The van der Waals surface area contributed by atoms with Gasteiger partial charge in [-0.1, -0.05) is 57.6 Å². The van der Waals surface area contributed by atoms with E-state index in [1.807, 2.05) is 13.0 Å². The minimum atomic E-state index is 0.751. The molecule has 0 aliphatic rings. The van der Waals surface area contributed by atoms with E-state index in [0.717, 1.165) is 12.4 Å². The van der Waals surface area contributed by atoms with Crippen molar-refractivity contribution < 1.29 is 4.74 Å². The molecular weight excluding hydrogens is 220 g/mol. The van der Waals surface area contributed by atoms with Gasteiger partial charge in [0.05, 0.1) is 6.61 Å². The molecule has 0 amide bonds. The first-order valence-corrected chi connectivity index (χ1v) is 7.58. The molecule has 0 saturated carbocycles. The van der Waals surface area contributed by atoms with Gasteiger partial charge in [0.15, 0.2) is 0 Å². The van der Waals surface area contributed by atoms with Gasteiger partial charge < -0.3 is 4.74 Å². The molecule has 0 atom stereocenters. The number of ether oxygens (including phenoxy) is 1. The van der Waals surface area contributed by atoms with Crippen molar-refractivity contribution in [1.82, 2.24) is 0 Å². The van der Waals surface area contributed by atoms with Gasteiger partial charge in [0.1, 0.15) is 5.75 Å². The van der Waals surface area contributed by atoms with Crippen LogP contribution in [0.2, 0.25) is 0 Å². The van der Waals surface area contributed by atoms with E-state index in [0.29, 0.717) is 0 Å². The molecule has 1 aromatic rings. The maximum absolute atomic E-state index is 5.52. The maximum atomic E-state index is 5.52. The van der Waals surface area contributed by atoms with Crippen molar-refractivity contribution in [3.8, 4) is 5.75 Å². The molecule has 0 aromatic heterocycles. The molecule has 0 unspecified atom stereocenters. The molecule has 0 N–H and O–H groups in total. The highest BCUT2D eigenvalue weighted by Crippen LogP contribution is 2.16. The number of benzene rings is 1. The van der Waals surface area contributed by atoms with Crippen LogP contribution in [-0.4, -0.2) is 6.61 Å². The van der Waals surface area contributed by atoms with Gasteiger partial charge in [0, 0.05) is 0 Å².